The molecule has 0 saturated carbocycles. The second-order valence-electron chi connectivity index (χ2n) is 0.250. The first kappa shape index (κ1) is 33.2. The SMILES string of the molecule is O=C([O-])[O-].[Ca+2].[Ca+2].[NH2-].[NH2-]. The molecule has 0 fully saturated rings. The second-order valence-corrected chi connectivity index (χ2v) is 0.250. The Kier molecular flexibility index (Phi) is 96.9. The molecule has 0 spiro atoms. The summed E-state index contributed by atoms with van der Waals surface area (Å²) in [6, 6.07) is 0. The number of hydrogen-bond acceptors (Lipinski definition) is 3. The van der Waals surface area contributed by atoms with E-state index in [4.69, 9.17) is 15.0 Å². The van der Waals surface area contributed by atoms with Gasteiger partial charge in [-0.1, -0.05) is 0 Å². The number of nitrogens with two attached hydrogens (primary N) is 2. The van der Waals surface area contributed by atoms with Gasteiger partial charge in [0.25, 0.3) is 0 Å². The molecule has 0 atom stereocenters. The number of carboxylic acid groups (broad SMARTS) is 2. The second kappa shape index (κ2) is 23.3. The zero-order chi connectivity index (χ0) is 3.58. The van der Waals surface area contributed by atoms with Crippen LogP contribution in [0.2, 0.25) is 0 Å². The molecular formula is CH4Ca2N2O3. The van der Waals surface area contributed by atoms with Gasteiger partial charge in [0, 0.05) is 0 Å². The summed E-state index contributed by atoms with van der Waals surface area (Å²) >= 11 is 0. The van der Waals surface area contributed by atoms with Crippen molar-refractivity contribution < 1.29 is 15.0 Å². The fourth-order valence-corrected chi connectivity index (χ4v) is 0. The summed E-state index contributed by atoms with van der Waals surface area (Å²) in [4.78, 5) is 8.33. The summed E-state index contributed by atoms with van der Waals surface area (Å²) in [6.45, 7) is 0. The van der Waals surface area contributed by atoms with E-state index in [0.717, 1.165) is 0 Å². The van der Waals surface area contributed by atoms with Gasteiger partial charge in [0.2, 0.25) is 0 Å². The van der Waals surface area contributed by atoms with E-state index in [2.05, 4.69) is 0 Å². The molecule has 0 radical (unpaired) electrons. The van der Waals surface area contributed by atoms with Crippen LogP contribution in [0.25, 0.3) is 12.3 Å². The van der Waals surface area contributed by atoms with Crippen molar-refractivity contribution in [2.24, 2.45) is 0 Å². The molecule has 0 aromatic heterocycles. The summed E-state index contributed by atoms with van der Waals surface area (Å²) in [6.07, 6.45) is -2.33. The van der Waals surface area contributed by atoms with E-state index in [1.54, 1.807) is 0 Å². The van der Waals surface area contributed by atoms with Crippen molar-refractivity contribution in [2.45, 2.75) is 0 Å². The Labute approximate surface area is 107 Å². The van der Waals surface area contributed by atoms with Crippen LogP contribution in [0.3, 0.4) is 0 Å². The largest absolute Gasteiger partial charge is 2.00 e. The molecular weight excluding hydrogens is 168 g/mol. The Hall–Kier alpha value is 1.71. The van der Waals surface area contributed by atoms with Crippen LogP contribution in [0.4, 0.5) is 4.79 Å². The standard InChI is InChI=1S/CH2O3.2Ca.2H2N/c2-1(3)4;;;;/h(H2,2,3,4);;;2*1H2/q;2*+2;2*-1/p-2. The van der Waals surface area contributed by atoms with Gasteiger partial charge in [-0.05, 0) is 6.16 Å². The molecule has 5 nitrogen and oxygen atoms in total. The molecule has 0 unspecified atom stereocenters. The molecule has 0 aromatic carbocycles. The van der Waals surface area contributed by atoms with Crippen LogP contribution in [-0.2, 0) is 0 Å². The maximum absolute atomic E-state index is 8.33. The van der Waals surface area contributed by atoms with Gasteiger partial charge in [-0.25, -0.2) is 0 Å². The Bertz CT molecular complexity index is 38.3. The smallest absolute Gasteiger partial charge is 0.693 e. The summed E-state index contributed by atoms with van der Waals surface area (Å²) in [5.74, 6) is 0. The Balaban J connectivity index is -0.00000000750. The van der Waals surface area contributed by atoms with Crippen molar-refractivity contribution in [3.63, 3.8) is 0 Å². The number of carbonyl (C=O) groups is 1. The topological polar surface area (TPSA) is 130 Å². The van der Waals surface area contributed by atoms with E-state index in [1.807, 2.05) is 0 Å². The van der Waals surface area contributed by atoms with Gasteiger partial charge >= 0.3 is 75.5 Å². The minimum absolute atomic E-state index is 0. The predicted molar refractivity (Wildman–Crippen MR) is 27.5 cm³/mol. The van der Waals surface area contributed by atoms with Crippen molar-refractivity contribution >= 4 is 81.6 Å². The van der Waals surface area contributed by atoms with Gasteiger partial charge < -0.3 is 27.3 Å². The molecule has 0 aliphatic carbocycles. The summed E-state index contributed by atoms with van der Waals surface area (Å²) in [5.41, 5.74) is 0. The molecule has 0 saturated heterocycles. The average molecular weight is 172 g/mol. The normalized spacial score (nSPS) is 3.00. The van der Waals surface area contributed by atoms with Crippen molar-refractivity contribution in [3.8, 4) is 0 Å². The third-order valence-electron chi connectivity index (χ3n) is 0. The number of hydrogen-bond donors (Lipinski definition) is 0. The first-order valence-electron chi connectivity index (χ1n) is 0.612. The molecule has 8 heavy (non-hydrogen) atoms. The van der Waals surface area contributed by atoms with Gasteiger partial charge in [-0.3, -0.25) is 0 Å². The van der Waals surface area contributed by atoms with Gasteiger partial charge in [0.1, 0.15) is 0 Å². The van der Waals surface area contributed by atoms with Gasteiger partial charge in [-0.15, -0.1) is 0 Å². The molecule has 4 N–H and O–H groups in total. The molecule has 0 aromatic rings. The van der Waals surface area contributed by atoms with Crippen molar-refractivity contribution in [2.75, 3.05) is 0 Å². The van der Waals surface area contributed by atoms with Crippen LogP contribution in [0.15, 0.2) is 0 Å². The zero-order valence-corrected chi connectivity index (χ0v) is 8.71. The summed E-state index contributed by atoms with van der Waals surface area (Å²) < 4.78 is 0. The molecule has 0 heterocycles. The van der Waals surface area contributed by atoms with Crippen LogP contribution >= 0.6 is 0 Å². The monoisotopic (exact) mass is 172 g/mol. The third kappa shape index (κ3) is 119. The van der Waals surface area contributed by atoms with E-state index in [-0.39, 0.29) is 87.8 Å². The van der Waals surface area contributed by atoms with Crippen LogP contribution in [0.1, 0.15) is 0 Å². The molecule has 40 valence electrons. The Morgan fingerprint density at radius 3 is 1.00 bits per heavy atom. The minimum atomic E-state index is -2.33. The average Bonchev–Trinajstić information content (AvgIpc) is 0.811. The molecule has 0 bridgehead atoms. The van der Waals surface area contributed by atoms with Gasteiger partial charge in [0.05, 0.1) is 0 Å². The molecule has 0 rings (SSSR count). The van der Waals surface area contributed by atoms with Crippen LogP contribution in [0.5, 0.6) is 0 Å². The van der Waals surface area contributed by atoms with Gasteiger partial charge in [-0.2, -0.15) is 0 Å². The third-order valence-corrected chi connectivity index (χ3v) is 0. The number of rotatable bonds is 0. The number of carbonyl (C=O) groups excluding carboxylic acids is 1. The zero-order valence-electron chi connectivity index (χ0n) is 4.29. The fraction of sp³-hybridized carbons (Fsp3) is 0. The first-order chi connectivity index (χ1) is 1.73. The quantitative estimate of drug-likeness (QED) is 0.400. The van der Waals surface area contributed by atoms with Crippen molar-refractivity contribution in [1.82, 2.24) is 0 Å². The predicted octanol–water partition coefficient (Wildman–Crippen LogP) is -1.77. The Morgan fingerprint density at radius 1 is 1.00 bits per heavy atom. The fourth-order valence-electron chi connectivity index (χ4n) is 0. The van der Waals surface area contributed by atoms with E-state index in [9.17, 15) is 0 Å². The molecule has 0 aliphatic heterocycles. The van der Waals surface area contributed by atoms with E-state index in [1.165, 1.54) is 0 Å². The molecule has 0 amide bonds. The van der Waals surface area contributed by atoms with Crippen molar-refractivity contribution in [1.29, 1.82) is 0 Å². The van der Waals surface area contributed by atoms with E-state index < -0.39 is 6.16 Å². The van der Waals surface area contributed by atoms with Crippen LogP contribution in [0, 0.1) is 0 Å². The minimum Gasteiger partial charge on any atom is -0.693 e. The van der Waals surface area contributed by atoms with E-state index >= 15 is 0 Å². The van der Waals surface area contributed by atoms with Crippen LogP contribution in [-0.4, -0.2) is 81.6 Å². The van der Waals surface area contributed by atoms with Gasteiger partial charge in [0.15, 0.2) is 0 Å². The first-order valence-corrected chi connectivity index (χ1v) is 0.612. The maximum Gasteiger partial charge on any atom is 2.00 e. The maximum atomic E-state index is 8.33. The summed E-state index contributed by atoms with van der Waals surface area (Å²) in [7, 11) is 0. The molecule has 0 aliphatic rings. The summed E-state index contributed by atoms with van der Waals surface area (Å²) in [5, 5.41) is 16.7. The molecule has 7 heteroatoms. The van der Waals surface area contributed by atoms with Crippen molar-refractivity contribution in [3.05, 3.63) is 12.3 Å². The van der Waals surface area contributed by atoms with E-state index in [0.29, 0.717) is 0 Å². The Morgan fingerprint density at radius 2 is 1.00 bits per heavy atom. The van der Waals surface area contributed by atoms with Crippen LogP contribution < -0.4 is 10.2 Å².